The fraction of sp³-hybridized carbons (Fsp3) is 0.486. The molecule has 2 fully saturated rings. The number of cyclic esters (lactones) is 1. The maximum atomic E-state index is 13.8. The van der Waals surface area contributed by atoms with E-state index in [1.165, 1.54) is 16.2 Å². The van der Waals surface area contributed by atoms with Crippen LogP contribution in [0.5, 0.6) is 0 Å². The second kappa shape index (κ2) is 16.2. The molecular formula is C37H46O4S2Se. The van der Waals surface area contributed by atoms with Gasteiger partial charge in [0.25, 0.3) is 0 Å². The molecule has 4 nitrogen and oxygen atoms in total. The van der Waals surface area contributed by atoms with Gasteiger partial charge in [-0.25, -0.2) is 0 Å². The summed E-state index contributed by atoms with van der Waals surface area (Å²) in [6.07, 6.45) is 4.74. The third-order valence-corrected chi connectivity index (χ3v) is 14.6. The molecule has 0 aromatic heterocycles. The Morgan fingerprint density at radius 3 is 2.09 bits per heavy atom. The van der Waals surface area contributed by atoms with Crippen molar-refractivity contribution in [1.82, 2.24) is 0 Å². The number of rotatable bonds is 14. The number of carbonyl (C=O) groups is 1. The van der Waals surface area contributed by atoms with E-state index in [1.807, 2.05) is 53.9 Å². The number of aliphatic hydroxyl groups excluding tert-OH is 1. The van der Waals surface area contributed by atoms with Crippen LogP contribution in [0.4, 0.5) is 0 Å². The van der Waals surface area contributed by atoms with Crippen LogP contribution in [0, 0.1) is 17.8 Å². The van der Waals surface area contributed by atoms with E-state index in [9.17, 15) is 9.90 Å². The normalized spacial score (nSPS) is 26.2. The van der Waals surface area contributed by atoms with Crippen molar-refractivity contribution in [2.24, 2.45) is 17.8 Å². The zero-order valence-electron chi connectivity index (χ0n) is 26.0. The molecule has 0 amide bonds. The first kappa shape index (κ1) is 33.6. The van der Waals surface area contributed by atoms with E-state index >= 15 is 0 Å². The molecule has 1 heterocycles. The van der Waals surface area contributed by atoms with Crippen molar-refractivity contribution < 1.29 is 19.4 Å². The molecule has 0 radical (unpaired) electrons. The quantitative estimate of drug-likeness (QED) is 0.0791. The van der Waals surface area contributed by atoms with Crippen molar-refractivity contribution in [1.29, 1.82) is 0 Å². The molecule has 6 atom stereocenters. The van der Waals surface area contributed by atoms with E-state index in [2.05, 4.69) is 81.4 Å². The molecule has 1 aliphatic heterocycles. The predicted molar refractivity (Wildman–Crippen MR) is 183 cm³/mol. The molecule has 0 bridgehead atoms. The van der Waals surface area contributed by atoms with Crippen LogP contribution in [0.1, 0.15) is 65.7 Å². The van der Waals surface area contributed by atoms with E-state index in [1.54, 1.807) is 0 Å². The zero-order valence-corrected chi connectivity index (χ0v) is 29.4. The van der Waals surface area contributed by atoms with Crippen LogP contribution in [0.2, 0.25) is 4.31 Å². The van der Waals surface area contributed by atoms with Gasteiger partial charge in [0.2, 0.25) is 0 Å². The molecule has 236 valence electrons. The summed E-state index contributed by atoms with van der Waals surface area (Å²) in [5, 5.41) is 11.9. The van der Waals surface area contributed by atoms with E-state index in [4.69, 9.17) is 9.47 Å². The number of thioether (sulfide) groups is 2. The number of carbonyl (C=O) groups excluding carboxylic acids is 1. The van der Waals surface area contributed by atoms with E-state index in [-0.39, 0.29) is 31.6 Å². The van der Waals surface area contributed by atoms with E-state index in [0.717, 1.165) is 30.1 Å². The van der Waals surface area contributed by atoms with Gasteiger partial charge in [0, 0.05) is 0 Å². The Morgan fingerprint density at radius 1 is 0.909 bits per heavy atom. The molecule has 5 rings (SSSR count). The Labute approximate surface area is 278 Å². The van der Waals surface area contributed by atoms with Crippen LogP contribution in [0.15, 0.2) is 101 Å². The summed E-state index contributed by atoms with van der Waals surface area (Å²) in [6, 6.07) is 31.2. The van der Waals surface area contributed by atoms with Crippen LogP contribution in [-0.4, -0.2) is 49.1 Å². The molecule has 1 N–H and O–H groups in total. The maximum absolute atomic E-state index is 13.8. The second-order valence-electron chi connectivity index (χ2n) is 12.6. The van der Waals surface area contributed by atoms with E-state index in [0.29, 0.717) is 30.6 Å². The van der Waals surface area contributed by atoms with Gasteiger partial charge in [0.15, 0.2) is 0 Å². The van der Waals surface area contributed by atoms with Gasteiger partial charge in [-0.2, -0.15) is 0 Å². The summed E-state index contributed by atoms with van der Waals surface area (Å²) in [5.41, 5.74) is 0. The van der Waals surface area contributed by atoms with Gasteiger partial charge in [-0.05, 0) is 0 Å². The van der Waals surface area contributed by atoms with Crippen molar-refractivity contribution >= 4 is 48.9 Å². The Kier molecular flexibility index (Phi) is 12.4. The van der Waals surface area contributed by atoms with Gasteiger partial charge in [-0.15, -0.1) is 0 Å². The third kappa shape index (κ3) is 8.96. The van der Waals surface area contributed by atoms with E-state index < -0.39 is 16.7 Å². The average molecular weight is 698 g/mol. The molecule has 3 aromatic rings. The standard InChI is InChI=1S/C37H46O4S2Se/c1-26(2)31-23-22-27(3)24-32(31)40-34-25-37(36(39)41-34,44-30-18-11-6-12-19-30)33(38)20-13-21-35(42-28-14-7-4-8-15-28)43-29-16-9-5-10-17-29/h4-12,14-19,26-27,31-35,38H,13,20-25H2,1-3H3/t27-,31+,32-,33-,34-,37?/m1/s1. The Morgan fingerprint density at radius 2 is 1.50 bits per heavy atom. The van der Waals surface area contributed by atoms with Gasteiger partial charge in [-0.3, -0.25) is 0 Å². The molecule has 3 aromatic carbocycles. The van der Waals surface area contributed by atoms with Gasteiger partial charge in [0.05, 0.1) is 0 Å². The number of benzene rings is 3. The second-order valence-corrected chi connectivity index (χ2v) is 18.4. The molecule has 1 saturated heterocycles. The summed E-state index contributed by atoms with van der Waals surface area (Å²) in [5.74, 6) is 1.29. The number of hydrogen-bond acceptors (Lipinski definition) is 6. The van der Waals surface area contributed by atoms with Gasteiger partial charge >= 0.3 is 280 Å². The van der Waals surface area contributed by atoms with Crippen molar-refractivity contribution in [3.8, 4) is 0 Å². The Hall–Kier alpha value is -1.73. The van der Waals surface area contributed by atoms with Crippen molar-refractivity contribution in [3.63, 3.8) is 0 Å². The SMILES string of the molecule is CC(C)[C@@H]1CC[C@@H](C)C[C@H]1O[C@H]1CC([Se]c2ccccc2)([C@H](O)CCCC(Sc2ccccc2)Sc2ccccc2)C(=O)O1. The first-order valence-electron chi connectivity index (χ1n) is 16.0. The number of ether oxygens (including phenoxy) is 2. The van der Waals surface area contributed by atoms with Crippen molar-refractivity contribution in [2.75, 3.05) is 0 Å². The van der Waals surface area contributed by atoms with Crippen LogP contribution in [0.3, 0.4) is 0 Å². The first-order valence-corrected chi connectivity index (χ1v) is 19.5. The Bertz CT molecular complexity index is 1250. The van der Waals surface area contributed by atoms with Crippen LogP contribution in [0.25, 0.3) is 0 Å². The summed E-state index contributed by atoms with van der Waals surface area (Å²) < 4.78 is 13.1. The molecule has 2 aliphatic rings. The number of hydrogen-bond donors (Lipinski definition) is 1. The predicted octanol–water partition coefficient (Wildman–Crippen LogP) is 8.37. The molecule has 7 heteroatoms. The molecule has 1 saturated carbocycles. The fourth-order valence-electron chi connectivity index (χ4n) is 6.41. The zero-order chi connectivity index (χ0) is 30.9. The van der Waals surface area contributed by atoms with Crippen LogP contribution in [-0.2, 0) is 14.3 Å². The number of esters is 1. The summed E-state index contributed by atoms with van der Waals surface area (Å²) in [4.78, 5) is 16.3. The van der Waals surface area contributed by atoms with Gasteiger partial charge < -0.3 is 0 Å². The topological polar surface area (TPSA) is 55.8 Å². The third-order valence-electron chi connectivity index (χ3n) is 8.86. The Balaban J connectivity index is 1.29. The fourth-order valence-corrected chi connectivity index (χ4v) is 11.8. The monoisotopic (exact) mass is 698 g/mol. The summed E-state index contributed by atoms with van der Waals surface area (Å²) in [6.45, 7) is 6.83. The summed E-state index contributed by atoms with van der Waals surface area (Å²) in [7, 11) is 0. The molecule has 1 unspecified atom stereocenters. The summed E-state index contributed by atoms with van der Waals surface area (Å²) >= 11 is 3.44. The molecular weight excluding hydrogens is 651 g/mol. The van der Waals surface area contributed by atoms with Crippen molar-refractivity contribution in [3.05, 3.63) is 91.0 Å². The molecule has 1 aliphatic carbocycles. The first-order chi connectivity index (χ1) is 21.3. The van der Waals surface area contributed by atoms with Crippen LogP contribution < -0.4 is 4.46 Å². The minimum atomic E-state index is -0.957. The van der Waals surface area contributed by atoms with Gasteiger partial charge in [-0.1, -0.05) is 0 Å². The number of aliphatic hydroxyl groups is 1. The molecule has 0 spiro atoms. The molecule has 44 heavy (non-hydrogen) atoms. The van der Waals surface area contributed by atoms with Gasteiger partial charge in [0.1, 0.15) is 0 Å². The average Bonchev–Trinajstić information content (AvgIpc) is 3.33. The minimum absolute atomic E-state index is 0.0829. The van der Waals surface area contributed by atoms with Crippen molar-refractivity contribution in [2.45, 2.75) is 103 Å². The van der Waals surface area contributed by atoms with Crippen LogP contribution >= 0.6 is 23.5 Å².